The van der Waals surface area contributed by atoms with Crippen molar-refractivity contribution in [2.24, 2.45) is 0 Å². The monoisotopic (exact) mass is 323 g/mol. The first-order valence-corrected chi connectivity index (χ1v) is 7.83. The quantitative estimate of drug-likeness (QED) is 0.945. The molecule has 0 spiro atoms. The van der Waals surface area contributed by atoms with Crippen LogP contribution in [0.5, 0.6) is 0 Å². The van der Waals surface area contributed by atoms with Gasteiger partial charge in [-0.3, -0.25) is 4.79 Å². The summed E-state index contributed by atoms with van der Waals surface area (Å²) in [6, 6.07) is 3.49. The van der Waals surface area contributed by atoms with Crippen molar-refractivity contribution in [1.82, 2.24) is 10.3 Å². The van der Waals surface area contributed by atoms with Gasteiger partial charge in [0.25, 0.3) is 5.91 Å². The third kappa shape index (κ3) is 2.94. The Morgan fingerprint density at radius 3 is 2.95 bits per heavy atom. The molecule has 1 aliphatic heterocycles. The number of aryl methyl sites for hydroxylation is 1. The van der Waals surface area contributed by atoms with Crippen LogP contribution in [0.4, 0.5) is 14.5 Å². The van der Waals surface area contributed by atoms with E-state index in [0.29, 0.717) is 29.3 Å². The molecule has 1 amide bonds. The number of anilines is 1. The Balaban J connectivity index is 1.65. The number of hydrogen-bond donors (Lipinski definition) is 1. The van der Waals surface area contributed by atoms with Crippen molar-refractivity contribution in [3.8, 4) is 0 Å². The third-order valence-corrected chi connectivity index (χ3v) is 4.65. The second kappa shape index (κ2) is 6.00. The molecule has 0 radical (unpaired) electrons. The number of thiazole rings is 1. The van der Waals surface area contributed by atoms with E-state index in [1.807, 2.05) is 4.90 Å². The Morgan fingerprint density at radius 1 is 1.45 bits per heavy atom. The van der Waals surface area contributed by atoms with Crippen molar-refractivity contribution < 1.29 is 13.6 Å². The lowest BCUT2D eigenvalue weighted by atomic mass is 10.2. The fourth-order valence-electron chi connectivity index (χ4n) is 2.61. The van der Waals surface area contributed by atoms with Crippen LogP contribution in [-0.2, 0) is 0 Å². The van der Waals surface area contributed by atoms with Crippen LogP contribution < -0.4 is 10.2 Å². The zero-order valence-electron chi connectivity index (χ0n) is 12.0. The van der Waals surface area contributed by atoms with Gasteiger partial charge in [-0.15, -0.1) is 11.3 Å². The lowest BCUT2D eigenvalue weighted by Crippen LogP contribution is -2.37. The number of halogens is 2. The molecule has 1 saturated heterocycles. The van der Waals surface area contributed by atoms with Crippen molar-refractivity contribution in [3.05, 3.63) is 45.9 Å². The SMILES string of the molecule is Cc1ncsc1C(=O)N[C@@H]1CCN(c2ccc(F)cc2F)C1. The summed E-state index contributed by atoms with van der Waals surface area (Å²) < 4.78 is 26.8. The largest absolute Gasteiger partial charge is 0.367 e. The molecule has 1 fully saturated rings. The van der Waals surface area contributed by atoms with Crippen LogP contribution >= 0.6 is 11.3 Å². The molecule has 0 aliphatic carbocycles. The summed E-state index contributed by atoms with van der Waals surface area (Å²) in [7, 11) is 0. The predicted molar refractivity (Wildman–Crippen MR) is 81.3 cm³/mol. The second-order valence-corrected chi connectivity index (χ2v) is 6.12. The minimum Gasteiger partial charge on any atom is -0.367 e. The van der Waals surface area contributed by atoms with Gasteiger partial charge >= 0.3 is 0 Å². The van der Waals surface area contributed by atoms with Gasteiger partial charge in [-0.25, -0.2) is 13.8 Å². The van der Waals surface area contributed by atoms with E-state index < -0.39 is 11.6 Å². The van der Waals surface area contributed by atoms with Gasteiger partial charge in [-0.05, 0) is 25.5 Å². The van der Waals surface area contributed by atoms with Crippen LogP contribution in [0, 0.1) is 18.6 Å². The molecule has 4 nitrogen and oxygen atoms in total. The number of carbonyl (C=O) groups excluding carboxylic acids is 1. The van der Waals surface area contributed by atoms with E-state index in [9.17, 15) is 13.6 Å². The molecule has 2 heterocycles. The van der Waals surface area contributed by atoms with Crippen molar-refractivity contribution in [3.63, 3.8) is 0 Å². The zero-order chi connectivity index (χ0) is 15.7. The lowest BCUT2D eigenvalue weighted by Gasteiger charge is -2.19. The fraction of sp³-hybridized carbons (Fsp3) is 0.333. The average molecular weight is 323 g/mol. The number of amides is 1. The van der Waals surface area contributed by atoms with E-state index in [1.54, 1.807) is 12.4 Å². The molecule has 1 N–H and O–H groups in total. The van der Waals surface area contributed by atoms with Crippen LogP contribution in [0.1, 0.15) is 21.8 Å². The Morgan fingerprint density at radius 2 is 2.27 bits per heavy atom. The van der Waals surface area contributed by atoms with E-state index in [1.165, 1.54) is 23.5 Å². The van der Waals surface area contributed by atoms with Gasteiger partial charge in [0, 0.05) is 25.2 Å². The highest BCUT2D eigenvalue weighted by atomic mass is 32.1. The molecule has 1 aliphatic rings. The maximum Gasteiger partial charge on any atom is 0.263 e. The lowest BCUT2D eigenvalue weighted by molar-refractivity contribution is 0.0943. The normalized spacial score (nSPS) is 17.8. The average Bonchev–Trinajstić information content (AvgIpc) is 3.08. The predicted octanol–water partition coefficient (Wildman–Crippen LogP) is 2.74. The summed E-state index contributed by atoms with van der Waals surface area (Å²) in [6.45, 7) is 2.92. The second-order valence-electron chi connectivity index (χ2n) is 5.27. The highest BCUT2D eigenvalue weighted by Crippen LogP contribution is 2.24. The highest BCUT2D eigenvalue weighted by molar-refractivity contribution is 7.11. The molecule has 2 aromatic rings. The van der Waals surface area contributed by atoms with E-state index >= 15 is 0 Å². The van der Waals surface area contributed by atoms with Crippen molar-refractivity contribution >= 4 is 22.9 Å². The van der Waals surface area contributed by atoms with Crippen LogP contribution in [0.2, 0.25) is 0 Å². The summed E-state index contributed by atoms with van der Waals surface area (Å²) in [4.78, 5) is 18.6. The molecule has 7 heteroatoms. The van der Waals surface area contributed by atoms with E-state index in [2.05, 4.69) is 10.3 Å². The molecular weight excluding hydrogens is 308 g/mol. The Hall–Kier alpha value is -2.02. The van der Waals surface area contributed by atoms with Gasteiger partial charge < -0.3 is 10.2 Å². The Bertz CT molecular complexity index is 704. The standard InChI is InChI=1S/C15H15F2N3OS/c1-9-14(22-8-18-9)15(21)19-11-4-5-20(7-11)13-3-2-10(16)6-12(13)17/h2-3,6,8,11H,4-5,7H2,1H3,(H,19,21)/t11-/m1/s1. The topological polar surface area (TPSA) is 45.2 Å². The number of benzene rings is 1. The molecule has 1 atom stereocenters. The van der Waals surface area contributed by atoms with Gasteiger partial charge in [-0.2, -0.15) is 0 Å². The van der Waals surface area contributed by atoms with Crippen LogP contribution in [0.3, 0.4) is 0 Å². The summed E-state index contributed by atoms with van der Waals surface area (Å²) in [5, 5.41) is 2.95. The number of nitrogens with one attached hydrogen (secondary N) is 1. The summed E-state index contributed by atoms with van der Waals surface area (Å²) in [5.41, 5.74) is 2.72. The first-order valence-electron chi connectivity index (χ1n) is 6.95. The summed E-state index contributed by atoms with van der Waals surface area (Å²) in [6.07, 6.45) is 0.723. The molecule has 22 heavy (non-hydrogen) atoms. The van der Waals surface area contributed by atoms with Crippen LogP contribution in [0.25, 0.3) is 0 Å². The molecular formula is C15H15F2N3OS. The molecule has 3 rings (SSSR count). The number of hydrogen-bond acceptors (Lipinski definition) is 4. The molecule has 0 unspecified atom stereocenters. The van der Waals surface area contributed by atoms with Gasteiger partial charge in [0.1, 0.15) is 16.5 Å². The van der Waals surface area contributed by atoms with E-state index in [-0.39, 0.29) is 11.9 Å². The van der Waals surface area contributed by atoms with Crippen LogP contribution in [0.15, 0.2) is 23.7 Å². The fourth-order valence-corrected chi connectivity index (χ4v) is 3.31. The first kappa shape index (κ1) is 14.9. The minimum atomic E-state index is -0.592. The maximum absolute atomic E-state index is 13.8. The van der Waals surface area contributed by atoms with Crippen molar-refractivity contribution in [2.45, 2.75) is 19.4 Å². The van der Waals surface area contributed by atoms with E-state index in [4.69, 9.17) is 0 Å². The first-order chi connectivity index (χ1) is 10.5. The molecule has 0 bridgehead atoms. The molecule has 116 valence electrons. The Labute approximate surface area is 130 Å². The van der Waals surface area contributed by atoms with Gasteiger partial charge in [-0.1, -0.05) is 0 Å². The van der Waals surface area contributed by atoms with Crippen molar-refractivity contribution in [2.75, 3.05) is 18.0 Å². The number of aromatic nitrogens is 1. The van der Waals surface area contributed by atoms with Gasteiger partial charge in [0.05, 0.1) is 16.9 Å². The Kier molecular flexibility index (Phi) is 4.06. The highest BCUT2D eigenvalue weighted by Gasteiger charge is 2.26. The van der Waals surface area contributed by atoms with E-state index in [0.717, 1.165) is 12.5 Å². The maximum atomic E-state index is 13.8. The smallest absolute Gasteiger partial charge is 0.263 e. The molecule has 1 aromatic carbocycles. The summed E-state index contributed by atoms with van der Waals surface area (Å²) in [5.74, 6) is -1.32. The zero-order valence-corrected chi connectivity index (χ0v) is 12.8. The van der Waals surface area contributed by atoms with Crippen molar-refractivity contribution in [1.29, 1.82) is 0 Å². The number of nitrogens with zero attached hydrogens (tertiary/aromatic N) is 2. The number of rotatable bonds is 3. The minimum absolute atomic E-state index is 0.0570. The molecule has 1 aromatic heterocycles. The van der Waals surface area contributed by atoms with Crippen LogP contribution in [-0.4, -0.2) is 30.0 Å². The van der Waals surface area contributed by atoms with Gasteiger partial charge in [0.2, 0.25) is 0 Å². The third-order valence-electron chi connectivity index (χ3n) is 3.73. The summed E-state index contributed by atoms with van der Waals surface area (Å²) >= 11 is 1.30. The molecule has 0 saturated carbocycles. The number of carbonyl (C=O) groups is 1. The van der Waals surface area contributed by atoms with Gasteiger partial charge in [0.15, 0.2) is 0 Å².